The van der Waals surface area contributed by atoms with E-state index in [0.717, 1.165) is 15.8 Å². The highest BCUT2D eigenvalue weighted by molar-refractivity contribution is 9.10. The first-order valence-electron chi connectivity index (χ1n) is 6.34. The number of aryl methyl sites for hydroxylation is 1. The highest BCUT2D eigenvalue weighted by Gasteiger charge is 2.35. The van der Waals surface area contributed by atoms with E-state index in [-0.39, 0.29) is 18.0 Å². The van der Waals surface area contributed by atoms with E-state index in [2.05, 4.69) is 28.9 Å². The molecule has 2 heterocycles. The normalized spacial score (nSPS) is 24.0. The fourth-order valence-electron chi connectivity index (χ4n) is 2.42. The maximum atomic E-state index is 12.1. The van der Waals surface area contributed by atoms with E-state index in [1.807, 2.05) is 4.90 Å². The van der Waals surface area contributed by atoms with Crippen LogP contribution in [0.4, 0.5) is 0 Å². The number of likely N-dealkylation sites (tertiary alicyclic amines) is 1. The quantitative estimate of drug-likeness (QED) is 0.910. The van der Waals surface area contributed by atoms with Gasteiger partial charge in [0, 0.05) is 40.3 Å². The monoisotopic (exact) mass is 346 g/mol. The Morgan fingerprint density at radius 3 is 2.95 bits per heavy atom. The number of carbonyl (C=O) groups excluding carboxylic acids is 1. The van der Waals surface area contributed by atoms with E-state index in [4.69, 9.17) is 10.5 Å². The van der Waals surface area contributed by atoms with Crippen molar-refractivity contribution in [2.75, 3.05) is 20.3 Å². The molecule has 4 nitrogen and oxygen atoms in total. The molecule has 6 heteroatoms. The number of carbonyl (C=O) groups is 1. The average Bonchev–Trinajstić information content (AvgIpc) is 2.70. The van der Waals surface area contributed by atoms with Crippen molar-refractivity contribution in [3.63, 3.8) is 0 Å². The third-order valence-corrected chi connectivity index (χ3v) is 5.66. The lowest BCUT2D eigenvalue weighted by Gasteiger charge is -2.39. The lowest BCUT2D eigenvalue weighted by molar-refractivity contribution is -0.138. The summed E-state index contributed by atoms with van der Waals surface area (Å²) in [5.41, 5.74) is 6.25. The zero-order chi connectivity index (χ0) is 14.0. The molecule has 1 aromatic heterocycles. The summed E-state index contributed by atoms with van der Waals surface area (Å²) in [7, 11) is 1.65. The van der Waals surface area contributed by atoms with Crippen molar-refractivity contribution in [3.8, 4) is 0 Å². The molecule has 1 saturated heterocycles. The molecule has 1 amide bonds. The molecule has 0 spiro atoms. The summed E-state index contributed by atoms with van der Waals surface area (Å²) in [5.74, 6) is 0.172. The largest absolute Gasteiger partial charge is 0.383 e. The molecule has 0 aromatic carbocycles. The van der Waals surface area contributed by atoms with Crippen LogP contribution in [0.15, 0.2) is 10.5 Å². The molecule has 0 saturated carbocycles. The lowest BCUT2D eigenvalue weighted by atomic mass is 9.95. The summed E-state index contributed by atoms with van der Waals surface area (Å²) in [5, 5.41) is 0. The number of methoxy groups -OCH3 is 1. The molecule has 1 aliphatic rings. The van der Waals surface area contributed by atoms with Gasteiger partial charge in [0.15, 0.2) is 0 Å². The Bertz CT molecular complexity index is 444. The van der Waals surface area contributed by atoms with Crippen molar-refractivity contribution in [2.45, 2.75) is 31.8 Å². The molecule has 0 radical (unpaired) electrons. The van der Waals surface area contributed by atoms with E-state index < -0.39 is 0 Å². The average molecular weight is 347 g/mol. The number of ether oxygens (including phenoxy) is 1. The van der Waals surface area contributed by atoms with E-state index in [1.54, 1.807) is 18.4 Å². The molecule has 0 bridgehead atoms. The van der Waals surface area contributed by atoms with Crippen molar-refractivity contribution in [1.29, 1.82) is 0 Å². The summed E-state index contributed by atoms with van der Waals surface area (Å²) in [6, 6.07) is 2.06. The van der Waals surface area contributed by atoms with Crippen LogP contribution >= 0.6 is 27.3 Å². The van der Waals surface area contributed by atoms with Crippen molar-refractivity contribution in [1.82, 2.24) is 4.90 Å². The van der Waals surface area contributed by atoms with Crippen molar-refractivity contribution < 1.29 is 9.53 Å². The molecule has 1 fully saturated rings. The number of rotatable bonds is 4. The highest BCUT2D eigenvalue weighted by atomic mass is 79.9. The third-order valence-electron chi connectivity index (χ3n) is 3.46. The van der Waals surface area contributed by atoms with Gasteiger partial charge in [-0.15, -0.1) is 11.3 Å². The molecule has 2 rings (SSSR count). The van der Waals surface area contributed by atoms with Gasteiger partial charge in [-0.3, -0.25) is 4.79 Å². The topological polar surface area (TPSA) is 55.6 Å². The summed E-state index contributed by atoms with van der Waals surface area (Å²) in [6.45, 7) is 3.21. The van der Waals surface area contributed by atoms with Crippen LogP contribution in [-0.2, 0) is 9.53 Å². The van der Waals surface area contributed by atoms with Crippen LogP contribution in [0.25, 0.3) is 0 Å². The molecule has 0 aliphatic carbocycles. The van der Waals surface area contributed by atoms with E-state index in [9.17, 15) is 4.79 Å². The summed E-state index contributed by atoms with van der Waals surface area (Å²) in [4.78, 5) is 16.4. The van der Waals surface area contributed by atoms with E-state index >= 15 is 0 Å². The summed E-state index contributed by atoms with van der Waals surface area (Å²) < 4.78 is 6.19. The molecular formula is C13H19BrN2O2S. The Labute approximate surface area is 126 Å². The van der Waals surface area contributed by atoms with Gasteiger partial charge in [-0.25, -0.2) is 0 Å². The molecule has 106 valence electrons. The second-order valence-corrected chi connectivity index (χ2v) is 6.92. The number of amides is 1. The molecular weight excluding hydrogens is 328 g/mol. The van der Waals surface area contributed by atoms with Gasteiger partial charge in [-0.1, -0.05) is 0 Å². The zero-order valence-electron chi connectivity index (χ0n) is 11.2. The van der Waals surface area contributed by atoms with Crippen molar-refractivity contribution in [2.24, 2.45) is 5.73 Å². The van der Waals surface area contributed by atoms with Crippen LogP contribution in [0.3, 0.4) is 0 Å². The van der Waals surface area contributed by atoms with E-state index in [1.165, 1.54) is 4.88 Å². The Kier molecular flexibility index (Phi) is 5.00. The summed E-state index contributed by atoms with van der Waals surface area (Å²) in [6.07, 6.45) is 1.29. The number of halogens is 1. The Morgan fingerprint density at radius 2 is 2.37 bits per heavy atom. The maximum Gasteiger partial charge on any atom is 0.223 e. The van der Waals surface area contributed by atoms with Gasteiger partial charge in [0.05, 0.1) is 12.6 Å². The molecule has 2 atom stereocenters. The first-order chi connectivity index (χ1) is 9.04. The zero-order valence-corrected chi connectivity index (χ0v) is 13.6. The fraction of sp³-hybridized carbons (Fsp3) is 0.615. The Morgan fingerprint density at radius 1 is 1.63 bits per heavy atom. The standard InChI is InChI=1S/C13H19BrN2O2S/c1-8-9(14)7-11(19-8)13-10(15)3-4-12(17)16(13)5-6-18-2/h7,10,13H,3-6,15H2,1-2H3. The first-order valence-corrected chi connectivity index (χ1v) is 7.95. The minimum absolute atomic E-state index is 0.000457. The molecule has 19 heavy (non-hydrogen) atoms. The minimum Gasteiger partial charge on any atom is -0.383 e. The highest BCUT2D eigenvalue weighted by Crippen LogP contribution is 2.37. The van der Waals surface area contributed by atoms with Gasteiger partial charge in [0.2, 0.25) is 5.91 Å². The molecule has 2 unspecified atom stereocenters. The maximum absolute atomic E-state index is 12.1. The molecule has 1 aromatic rings. The third kappa shape index (κ3) is 3.18. The fourth-order valence-corrected chi connectivity index (χ4v) is 4.17. The molecule has 1 aliphatic heterocycles. The smallest absolute Gasteiger partial charge is 0.223 e. The lowest BCUT2D eigenvalue weighted by Crippen LogP contribution is -2.49. The van der Waals surface area contributed by atoms with Gasteiger partial charge >= 0.3 is 0 Å². The Balaban J connectivity index is 2.27. The van der Waals surface area contributed by atoms with E-state index in [0.29, 0.717) is 19.6 Å². The summed E-state index contributed by atoms with van der Waals surface area (Å²) >= 11 is 5.23. The van der Waals surface area contributed by atoms with Gasteiger partial charge in [-0.05, 0) is 35.3 Å². The number of piperidine rings is 1. The SMILES string of the molecule is COCCN1C(=O)CCC(N)C1c1cc(Br)c(C)s1. The van der Waals surface area contributed by atoms with Crippen LogP contribution in [0.5, 0.6) is 0 Å². The van der Waals surface area contributed by atoms with Crippen molar-refractivity contribution in [3.05, 3.63) is 20.3 Å². The van der Waals surface area contributed by atoms with Gasteiger partial charge in [0.25, 0.3) is 0 Å². The van der Waals surface area contributed by atoms with Gasteiger partial charge in [0.1, 0.15) is 0 Å². The first kappa shape index (κ1) is 15.0. The second-order valence-electron chi connectivity index (χ2n) is 4.78. The van der Waals surface area contributed by atoms with Crippen LogP contribution in [-0.4, -0.2) is 37.1 Å². The van der Waals surface area contributed by atoms with Crippen LogP contribution in [0, 0.1) is 6.92 Å². The van der Waals surface area contributed by atoms with Crippen LogP contribution < -0.4 is 5.73 Å². The predicted molar refractivity (Wildman–Crippen MR) is 80.3 cm³/mol. The second kappa shape index (κ2) is 6.35. The number of hydrogen-bond acceptors (Lipinski definition) is 4. The van der Waals surface area contributed by atoms with Crippen LogP contribution in [0.1, 0.15) is 28.6 Å². The number of nitrogens with zero attached hydrogens (tertiary/aromatic N) is 1. The van der Waals surface area contributed by atoms with Crippen molar-refractivity contribution >= 4 is 33.2 Å². The van der Waals surface area contributed by atoms with Gasteiger partial charge < -0.3 is 15.4 Å². The van der Waals surface area contributed by atoms with Gasteiger partial charge in [-0.2, -0.15) is 0 Å². The molecule has 2 N–H and O–H groups in total. The number of nitrogens with two attached hydrogens (primary N) is 1. The number of hydrogen-bond donors (Lipinski definition) is 1. The predicted octanol–water partition coefficient (Wildman–Crippen LogP) is 2.46. The Hall–Kier alpha value is -0.430. The van der Waals surface area contributed by atoms with Crippen LogP contribution in [0.2, 0.25) is 0 Å². The number of thiophene rings is 1. The minimum atomic E-state index is -0.0219.